The third-order valence-corrected chi connectivity index (χ3v) is 5.55. The second kappa shape index (κ2) is 10.9. The molecule has 0 aliphatic carbocycles. The Kier molecular flexibility index (Phi) is 8.32. The molecule has 18 heteroatoms. The summed E-state index contributed by atoms with van der Waals surface area (Å²) < 4.78 is 47.7. The number of hydrogen-bond donors (Lipinski definition) is 4. The second-order valence-corrected chi connectivity index (χ2v) is 11.8. The molecule has 1 aromatic heterocycles. The number of alkyl carbamates (subject to hydrolysis) is 2. The predicted molar refractivity (Wildman–Crippen MR) is 132 cm³/mol. The number of fused-ring (bicyclic) bond motifs is 4. The number of aromatic nitrogens is 2. The van der Waals surface area contributed by atoms with Crippen LogP contribution in [0.4, 0.5) is 19.2 Å². The summed E-state index contributed by atoms with van der Waals surface area (Å²) in [6, 6.07) is -3.53. The zero-order valence-corrected chi connectivity index (χ0v) is 23.2. The van der Waals surface area contributed by atoms with Crippen molar-refractivity contribution in [3.05, 3.63) is 17.5 Å². The van der Waals surface area contributed by atoms with Crippen LogP contribution in [0.25, 0.3) is 0 Å². The summed E-state index contributed by atoms with van der Waals surface area (Å²) in [6.07, 6.45) is -0.133. The number of nitrogens with one attached hydrogen (secondary N) is 3. The molecule has 2 atom stereocenters. The van der Waals surface area contributed by atoms with Gasteiger partial charge in [0, 0.05) is 31.4 Å². The van der Waals surface area contributed by atoms with E-state index < -0.39 is 57.9 Å². The number of urea groups is 1. The van der Waals surface area contributed by atoms with Gasteiger partial charge in [-0.2, -0.15) is 23.3 Å². The summed E-state index contributed by atoms with van der Waals surface area (Å²) in [5.41, 5.74) is -1.01. The van der Waals surface area contributed by atoms with Gasteiger partial charge in [0.15, 0.2) is 0 Å². The number of nitrogens with zero attached hydrogens (tertiary/aromatic N) is 4. The van der Waals surface area contributed by atoms with E-state index >= 15 is 0 Å². The van der Waals surface area contributed by atoms with Gasteiger partial charge in [0.2, 0.25) is 0 Å². The first-order valence-corrected chi connectivity index (χ1v) is 13.3. The molecule has 39 heavy (non-hydrogen) atoms. The fourth-order valence-electron chi connectivity index (χ4n) is 3.87. The summed E-state index contributed by atoms with van der Waals surface area (Å²) >= 11 is 0. The Labute approximate surface area is 225 Å². The Bertz CT molecular complexity index is 1230. The van der Waals surface area contributed by atoms with E-state index in [1.807, 2.05) is 0 Å². The van der Waals surface area contributed by atoms with Gasteiger partial charge in [-0.3, -0.25) is 4.55 Å². The lowest BCUT2D eigenvalue weighted by molar-refractivity contribution is -0.0317. The van der Waals surface area contributed by atoms with E-state index in [1.54, 1.807) is 41.5 Å². The molecule has 0 aromatic carbocycles. The number of ether oxygens (including phenoxy) is 2. The monoisotopic (exact) mass is 575 g/mol. The summed E-state index contributed by atoms with van der Waals surface area (Å²) in [6.45, 7) is 9.99. The molecule has 5 amide bonds. The average molecular weight is 576 g/mol. The first-order valence-electron chi connectivity index (χ1n) is 11.9. The lowest BCUT2D eigenvalue weighted by Gasteiger charge is -2.30. The average Bonchev–Trinajstić information content (AvgIpc) is 3.30. The third-order valence-electron chi connectivity index (χ3n) is 5.20. The minimum Gasteiger partial charge on any atom is -0.444 e. The molecule has 2 aliphatic heterocycles. The van der Waals surface area contributed by atoms with E-state index in [-0.39, 0.29) is 37.4 Å². The van der Waals surface area contributed by atoms with Gasteiger partial charge in [-0.05, 0) is 41.5 Å². The molecule has 1 aromatic rings. The molecule has 0 saturated carbocycles. The van der Waals surface area contributed by atoms with Crippen molar-refractivity contribution in [1.29, 1.82) is 0 Å². The molecule has 1 unspecified atom stereocenters. The zero-order valence-electron chi connectivity index (χ0n) is 22.4. The SMILES string of the molecule is CC(C)(C)OC(=O)NCCNC(=O)n1cc2c(n1)C(CNC(=O)OC(C)(C)C)N1C[C@H]2N(OS(=O)(=O)O)C1=O. The highest BCUT2D eigenvalue weighted by molar-refractivity contribution is 7.80. The Morgan fingerprint density at radius 1 is 1.03 bits per heavy atom. The highest BCUT2D eigenvalue weighted by atomic mass is 32.3. The lowest BCUT2D eigenvalue weighted by Crippen LogP contribution is -2.43. The van der Waals surface area contributed by atoms with Crippen molar-refractivity contribution < 1.29 is 45.9 Å². The van der Waals surface area contributed by atoms with Crippen LogP contribution in [0.2, 0.25) is 0 Å². The smallest absolute Gasteiger partial charge is 0.418 e. The molecule has 17 nitrogen and oxygen atoms in total. The van der Waals surface area contributed by atoms with Crippen LogP contribution in [0.3, 0.4) is 0 Å². The molecule has 2 bridgehead atoms. The van der Waals surface area contributed by atoms with Crippen LogP contribution in [-0.4, -0.2) is 94.3 Å². The van der Waals surface area contributed by atoms with Gasteiger partial charge in [0.1, 0.15) is 17.2 Å². The highest BCUT2D eigenvalue weighted by Crippen LogP contribution is 2.43. The number of rotatable bonds is 7. The molecule has 0 spiro atoms. The Hall–Kier alpha value is -3.64. The molecule has 3 heterocycles. The topological polar surface area (TPSA) is 211 Å². The van der Waals surface area contributed by atoms with Crippen molar-refractivity contribution in [3.63, 3.8) is 0 Å². The van der Waals surface area contributed by atoms with E-state index in [4.69, 9.17) is 14.0 Å². The number of hydrogen-bond acceptors (Lipinski definition) is 10. The van der Waals surface area contributed by atoms with Crippen molar-refractivity contribution >= 4 is 34.6 Å². The van der Waals surface area contributed by atoms with Crippen molar-refractivity contribution in [1.82, 2.24) is 35.7 Å². The molecule has 1 fully saturated rings. The second-order valence-electron chi connectivity index (χ2n) is 10.8. The van der Waals surface area contributed by atoms with E-state index in [1.165, 1.54) is 11.1 Å². The maximum absolute atomic E-state index is 12.9. The van der Waals surface area contributed by atoms with E-state index in [9.17, 15) is 27.6 Å². The van der Waals surface area contributed by atoms with Crippen molar-refractivity contribution in [3.8, 4) is 0 Å². The standard InChI is InChI=1S/C21H33N7O10S/c1-20(2,3)36-17(30)23-8-7-22-16(29)27-10-12-14-11-26(19(32)28(14)38-39(33,34)35)13(15(12)25-27)9-24-18(31)37-21(4,5)6/h10,13-14H,7-9,11H2,1-6H3,(H,22,29)(H,23,30)(H,24,31)(H,33,34,35)/t13?,14-/m1/s1. The number of carbonyl (C=O) groups is 4. The summed E-state index contributed by atoms with van der Waals surface area (Å²) in [5, 5.41) is 12.3. The number of amides is 5. The van der Waals surface area contributed by atoms with Crippen LogP contribution >= 0.6 is 0 Å². The molecule has 3 rings (SSSR count). The fourth-order valence-corrected chi connectivity index (χ4v) is 4.24. The minimum atomic E-state index is -5.05. The zero-order chi connectivity index (χ0) is 29.3. The van der Waals surface area contributed by atoms with Crippen molar-refractivity contribution in [2.45, 2.75) is 64.8 Å². The molecule has 0 radical (unpaired) electrons. The van der Waals surface area contributed by atoms with Crippen LogP contribution in [0, 0.1) is 0 Å². The lowest BCUT2D eigenvalue weighted by atomic mass is 9.98. The van der Waals surface area contributed by atoms with Crippen LogP contribution < -0.4 is 16.0 Å². The minimum absolute atomic E-state index is 0.0261. The predicted octanol–water partition coefficient (Wildman–Crippen LogP) is 1.06. The van der Waals surface area contributed by atoms with Gasteiger partial charge in [-0.1, -0.05) is 0 Å². The summed E-state index contributed by atoms with van der Waals surface area (Å²) in [4.78, 5) is 50.8. The van der Waals surface area contributed by atoms with Crippen LogP contribution in [0.1, 0.15) is 64.9 Å². The molecule has 218 valence electrons. The summed E-state index contributed by atoms with van der Waals surface area (Å²) in [5.74, 6) is 0. The fraction of sp³-hybridized carbons (Fsp3) is 0.667. The van der Waals surface area contributed by atoms with E-state index in [0.29, 0.717) is 5.06 Å². The van der Waals surface area contributed by atoms with Crippen LogP contribution in [0.15, 0.2) is 6.20 Å². The third kappa shape index (κ3) is 7.93. The van der Waals surface area contributed by atoms with Crippen LogP contribution in [0.5, 0.6) is 0 Å². The molecule has 4 N–H and O–H groups in total. The maximum atomic E-state index is 12.9. The van der Waals surface area contributed by atoms with Gasteiger partial charge < -0.3 is 30.3 Å². The normalized spacial score (nSPS) is 18.9. The molecule has 1 saturated heterocycles. The largest absolute Gasteiger partial charge is 0.444 e. The Balaban J connectivity index is 1.76. The van der Waals surface area contributed by atoms with Gasteiger partial charge in [-0.25, -0.2) is 19.2 Å². The van der Waals surface area contributed by atoms with E-state index in [0.717, 1.165) is 4.68 Å². The van der Waals surface area contributed by atoms with Gasteiger partial charge in [-0.15, -0.1) is 4.28 Å². The van der Waals surface area contributed by atoms with Crippen LogP contribution in [-0.2, 0) is 24.2 Å². The summed E-state index contributed by atoms with van der Waals surface area (Å²) in [7, 11) is -5.05. The van der Waals surface area contributed by atoms with Gasteiger partial charge in [0.25, 0.3) is 0 Å². The number of carbonyl (C=O) groups excluding carboxylic acids is 4. The van der Waals surface area contributed by atoms with E-state index in [2.05, 4.69) is 25.3 Å². The quantitative estimate of drug-likeness (QED) is 0.267. The Morgan fingerprint density at radius 2 is 1.59 bits per heavy atom. The van der Waals surface area contributed by atoms with Gasteiger partial charge in [0.05, 0.1) is 18.3 Å². The first kappa shape index (κ1) is 29.9. The maximum Gasteiger partial charge on any atom is 0.418 e. The molecule has 2 aliphatic rings. The Morgan fingerprint density at radius 3 is 2.15 bits per heavy atom. The highest BCUT2D eigenvalue weighted by Gasteiger charge is 2.52. The first-order chi connectivity index (χ1) is 17.8. The van der Waals surface area contributed by atoms with Gasteiger partial charge >= 0.3 is 34.6 Å². The molecular weight excluding hydrogens is 542 g/mol. The van der Waals surface area contributed by atoms with Crippen molar-refractivity contribution in [2.24, 2.45) is 0 Å². The van der Waals surface area contributed by atoms with Crippen molar-refractivity contribution in [2.75, 3.05) is 26.2 Å². The molecular formula is C21H33N7O10S. The number of hydroxylamine groups is 2.